The lowest BCUT2D eigenvalue weighted by atomic mass is 10.0. The number of rotatable bonds is 18. The van der Waals surface area contributed by atoms with Gasteiger partial charge in [0.25, 0.3) is 0 Å². The van der Waals surface area contributed by atoms with E-state index in [9.17, 15) is 38.4 Å². The molecule has 30 heteroatoms. The van der Waals surface area contributed by atoms with Gasteiger partial charge in [0.15, 0.2) is 5.96 Å². The third-order valence-electron chi connectivity index (χ3n) is 16.0. The summed E-state index contributed by atoms with van der Waals surface area (Å²) in [4.78, 5) is 182. The maximum atomic E-state index is 15.3. The number of aliphatic imine (C=N–C) groups is 1. The van der Waals surface area contributed by atoms with Crippen LogP contribution in [0.2, 0.25) is 0 Å². The van der Waals surface area contributed by atoms with E-state index in [-0.39, 0.29) is 96.3 Å². The molecule has 3 fully saturated rings. The van der Waals surface area contributed by atoms with Crippen molar-refractivity contribution in [1.82, 2.24) is 82.6 Å². The molecule has 6 heterocycles. The molecule has 0 saturated carbocycles. The van der Waals surface area contributed by atoms with Crippen molar-refractivity contribution in [3.05, 3.63) is 108 Å². The molecule has 0 spiro atoms. The molecular weight excluding hydrogens is 1160 g/mol. The number of likely N-dealkylation sites (tertiary alicyclic amines) is 2. The summed E-state index contributed by atoms with van der Waals surface area (Å²) in [5.74, 6) is -8.16. The minimum atomic E-state index is -1.68. The summed E-state index contributed by atoms with van der Waals surface area (Å²) in [6, 6.07) is 4.13. The quantitative estimate of drug-likeness (QED) is 0.0243. The first-order valence-electron chi connectivity index (χ1n) is 30.1. The van der Waals surface area contributed by atoms with Gasteiger partial charge in [-0.15, -0.1) is 0 Å². The Kier molecular flexibility index (Phi) is 23.1. The molecule has 0 radical (unpaired) electrons. The van der Waals surface area contributed by atoms with E-state index in [0.717, 1.165) is 0 Å². The third-order valence-corrected chi connectivity index (χ3v) is 16.0. The number of guanidine groups is 1. The Morgan fingerprint density at radius 2 is 1.29 bits per heavy atom. The number of nitrogens with two attached hydrogens (primary N) is 2. The number of carbonyl (C=O) groups excluding carboxylic acids is 11. The minimum Gasteiger partial charge on any atom is -0.370 e. The molecule has 0 bridgehead atoms. The van der Waals surface area contributed by atoms with E-state index in [0.29, 0.717) is 46.3 Å². The number of benzene rings is 2. The molecule has 2 aromatic carbocycles. The fraction of sp³-hybridized carbons (Fsp3) is 0.467. The molecule has 0 aliphatic carbocycles. The molecule has 0 unspecified atom stereocenters. The van der Waals surface area contributed by atoms with Gasteiger partial charge >= 0.3 is 0 Å². The summed E-state index contributed by atoms with van der Waals surface area (Å²) in [5.41, 5.74) is 14.2. The summed E-state index contributed by atoms with van der Waals surface area (Å²) in [6.07, 6.45) is 7.63. The molecule has 5 aromatic rings. The Bertz CT molecular complexity index is 3370. The van der Waals surface area contributed by atoms with Crippen LogP contribution in [0, 0.1) is 0 Å². The van der Waals surface area contributed by atoms with Crippen molar-refractivity contribution in [2.24, 2.45) is 16.5 Å². The first-order valence-corrected chi connectivity index (χ1v) is 30.1. The van der Waals surface area contributed by atoms with Crippen LogP contribution in [-0.4, -0.2) is 193 Å². The van der Waals surface area contributed by atoms with Gasteiger partial charge in [0.2, 0.25) is 65.0 Å². The average molecular weight is 1240 g/mol. The van der Waals surface area contributed by atoms with Gasteiger partial charge in [-0.25, -0.2) is 9.97 Å². The number of carbonyl (C=O) groups is 11. The van der Waals surface area contributed by atoms with Gasteiger partial charge in [0.05, 0.1) is 19.1 Å². The van der Waals surface area contributed by atoms with Gasteiger partial charge in [-0.05, 0) is 68.6 Å². The molecule has 3 aromatic heterocycles. The van der Waals surface area contributed by atoms with Crippen LogP contribution in [0.15, 0.2) is 90.8 Å². The first kappa shape index (κ1) is 65.8. The maximum Gasteiger partial charge on any atom is 0.246 e. The van der Waals surface area contributed by atoms with E-state index in [1.54, 1.807) is 42.6 Å². The number of nitrogens with zero attached hydrogens (tertiary/aromatic N) is 5. The zero-order chi connectivity index (χ0) is 64.3. The van der Waals surface area contributed by atoms with Crippen LogP contribution in [0.1, 0.15) is 87.2 Å². The molecule has 11 amide bonds. The second-order valence-corrected chi connectivity index (χ2v) is 22.6. The molecule has 30 nitrogen and oxygen atoms in total. The van der Waals surface area contributed by atoms with Crippen LogP contribution in [0.5, 0.6) is 0 Å². The van der Waals surface area contributed by atoms with Crippen LogP contribution < -0.4 is 59.3 Å². The number of hydrogen-bond acceptors (Lipinski definition) is 14. The van der Waals surface area contributed by atoms with E-state index < -0.39 is 126 Å². The standard InChI is InChI=1S/C60H79N19O11/c1-34(80)71-41-16-8-20-66-50(81)28-47(58(89)79-23-11-19-49(79)59(90)78-22-10-18-48(78)57(88)76-45(51(82)63-2)26-37-30-64-32-69-37)77-55(86)44(25-36-29-68-40-15-7-6-14-39(36)40)74-53(84)42(17-9-21-67-60(61)62)72-54(85)43(24-35-12-4-3-5-13-35)73-56(87)46(75-52(41)83)27-38-31-65-33-70-38/h3-7,12-15,29-33,41-49,68H,8-11,16-28H2,1-2H3,(H,63,82)(H,64,69)(H,65,70)(H,66,81)(H,71,80)(H,72,85)(H,73,87)(H,74,84)(H,75,83)(H,76,88)(H,77,86)(H4,61,62,67)/t41-,42-,43+,44-,45-,46-,47-,48-,49-/m0/s1. The van der Waals surface area contributed by atoms with Gasteiger partial charge < -0.3 is 84.1 Å². The summed E-state index contributed by atoms with van der Waals surface area (Å²) in [5, 5.41) is 25.3. The highest BCUT2D eigenvalue weighted by Crippen LogP contribution is 2.27. The average Bonchev–Trinajstić information content (AvgIpc) is 1.71. The highest BCUT2D eigenvalue weighted by Gasteiger charge is 2.45. The highest BCUT2D eigenvalue weighted by atomic mass is 16.2. The predicted octanol–water partition coefficient (Wildman–Crippen LogP) is -2.62. The lowest BCUT2D eigenvalue weighted by molar-refractivity contribution is -0.148. The van der Waals surface area contributed by atoms with E-state index in [4.69, 9.17) is 11.5 Å². The SMILES string of the molecule is CNC(=O)[C@H](Cc1cnc[nH]1)NC(=O)[C@@H]1CCCN1C(=O)[C@@H]1CCCN1C(=O)[C@@H]1CC(=O)NCCC[C@H](NC(C)=O)C(=O)N[C@@H](Cc2cnc[nH]2)C(=O)N[C@H](Cc2ccccc2)C(=O)N[C@@H](CCCN=C(N)N)C(=O)N[C@@H](Cc2c[nH]c3ccccc23)C(=O)N1. The summed E-state index contributed by atoms with van der Waals surface area (Å²) >= 11 is 0. The van der Waals surface area contributed by atoms with E-state index in [1.807, 2.05) is 18.2 Å². The van der Waals surface area contributed by atoms with Crippen molar-refractivity contribution >= 4 is 81.8 Å². The zero-order valence-electron chi connectivity index (χ0n) is 50.2. The monoisotopic (exact) mass is 1240 g/mol. The molecule has 16 N–H and O–H groups in total. The maximum absolute atomic E-state index is 15.3. The number of likely N-dealkylation sites (N-methyl/N-ethyl adjacent to an activating group) is 1. The Morgan fingerprint density at radius 3 is 1.97 bits per heavy atom. The number of amides is 11. The second kappa shape index (κ2) is 31.7. The Morgan fingerprint density at radius 1 is 0.678 bits per heavy atom. The van der Waals surface area contributed by atoms with Crippen LogP contribution in [0.25, 0.3) is 10.9 Å². The van der Waals surface area contributed by atoms with Crippen molar-refractivity contribution in [3.8, 4) is 0 Å². The number of aromatic amines is 3. The lowest BCUT2D eigenvalue weighted by Crippen LogP contribution is -2.61. The summed E-state index contributed by atoms with van der Waals surface area (Å²) < 4.78 is 0. The molecule has 3 aliphatic heterocycles. The number of fused-ring (bicyclic) bond motifs is 1. The van der Waals surface area contributed by atoms with Crippen LogP contribution in [-0.2, 0) is 78.4 Å². The molecule has 9 atom stereocenters. The van der Waals surface area contributed by atoms with Crippen molar-refractivity contribution in [3.63, 3.8) is 0 Å². The number of aromatic nitrogens is 5. The van der Waals surface area contributed by atoms with Crippen molar-refractivity contribution < 1.29 is 52.7 Å². The summed E-state index contributed by atoms with van der Waals surface area (Å²) in [6.45, 7) is 1.29. The minimum absolute atomic E-state index is 0.0160. The van der Waals surface area contributed by atoms with Gasteiger partial charge in [0, 0.05) is 107 Å². The Hall–Kier alpha value is -10.2. The van der Waals surface area contributed by atoms with Gasteiger partial charge in [-0.3, -0.25) is 57.7 Å². The molecule has 90 heavy (non-hydrogen) atoms. The van der Waals surface area contributed by atoms with Crippen molar-refractivity contribution in [2.75, 3.05) is 33.2 Å². The number of para-hydroxylation sites is 1. The third kappa shape index (κ3) is 18.0. The number of hydrogen-bond donors (Lipinski definition) is 14. The van der Waals surface area contributed by atoms with Gasteiger partial charge in [-0.2, -0.15) is 0 Å². The second-order valence-electron chi connectivity index (χ2n) is 22.6. The Labute approximate surface area is 518 Å². The largest absolute Gasteiger partial charge is 0.370 e. The Balaban J connectivity index is 1.13. The molecule has 3 aliphatic rings. The smallest absolute Gasteiger partial charge is 0.246 e. The lowest BCUT2D eigenvalue weighted by Gasteiger charge is -2.33. The van der Waals surface area contributed by atoms with Crippen LogP contribution in [0.4, 0.5) is 0 Å². The van der Waals surface area contributed by atoms with E-state index >= 15 is 14.4 Å². The zero-order valence-corrected chi connectivity index (χ0v) is 50.2. The molecule has 480 valence electrons. The fourth-order valence-electron chi connectivity index (χ4n) is 11.5. The predicted molar refractivity (Wildman–Crippen MR) is 326 cm³/mol. The number of H-pyrrole nitrogens is 3. The van der Waals surface area contributed by atoms with Crippen molar-refractivity contribution in [2.45, 2.75) is 145 Å². The van der Waals surface area contributed by atoms with E-state index in [1.165, 1.54) is 48.8 Å². The molecule has 3 saturated heterocycles. The number of nitrogens with one attached hydrogen (secondary N) is 12. The normalized spacial score (nSPS) is 22.9. The van der Waals surface area contributed by atoms with Crippen molar-refractivity contribution in [1.29, 1.82) is 0 Å². The highest BCUT2D eigenvalue weighted by molar-refractivity contribution is 6.00. The first-order chi connectivity index (χ1) is 43.3. The van der Waals surface area contributed by atoms with Crippen LogP contribution in [0.3, 0.4) is 0 Å². The molecular formula is C60H79N19O11. The van der Waals surface area contributed by atoms with E-state index in [2.05, 4.69) is 77.8 Å². The molecule has 8 rings (SSSR count). The summed E-state index contributed by atoms with van der Waals surface area (Å²) in [7, 11) is 1.44. The van der Waals surface area contributed by atoms with Gasteiger partial charge in [0.1, 0.15) is 54.4 Å². The van der Waals surface area contributed by atoms with Crippen LogP contribution >= 0.6 is 0 Å². The number of imidazole rings is 2. The fourth-order valence-corrected chi connectivity index (χ4v) is 11.5. The van der Waals surface area contributed by atoms with Gasteiger partial charge in [-0.1, -0.05) is 48.5 Å². The topological polar surface area (TPSA) is 440 Å².